The largest absolute Gasteiger partial charge is 0.407 e. The molecule has 1 amide bonds. The zero-order chi connectivity index (χ0) is 13.4. The molecular formula is C11H21N5O2. The number of nitrogens with one attached hydrogen (secondary N) is 3. The molecule has 1 unspecified atom stereocenters. The van der Waals surface area contributed by atoms with Crippen LogP contribution >= 0.6 is 0 Å². The van der Waals surface area contributed by atoms with E-state index in [9.17, 15) is 4.79 Å². The number of amides is 1. The molecule has 0 aliphatic carbocycles. The van der Waals surface area contributed by atoms with Crippen LogP contribution in [0.25, 0.3) is 0 Å². The minimum Gasteiger partial charge on any atom is -0.407 e. The number of hydrogen-bond donors (Lipinski definition) is 3. The number of rotatable bonds is 8. The molecule has 1 heterocycles. The van der Waals surface area contributed by atoms with E-state index in [2.05, 4.69) is 26.1 Å². The minimum atomic E-state index is 0.0202. The van der Waals surface area contributed by atoms with Gasteiger partial charge in [0.05, 0.1) is 6.54 Å². The second-order valence-corrected chi connectivity index (χ2v) is 4.08. The Bertz CT molecular complexity index is 366. The van der Waals surface area contributed by atoms with Gasteiger partial charge in [0.25, 0.3) is 0 Å². The average molecular weight is 255 g/mol. The highest BCUT2D eigenvalue weighted by Gasteiger charge is 2.07. The Hall–Kier alpha value is -1.63. The SMILES string of the molecule is CCC(C)NC(=O)CCNc1nnc(CNC)o1. The normalized spacial score (nSPS) is 12.2. The van der Waals surface area contributed by atoms with Gasteiger partial charge in [-0.15, -0.1) is 5.10 Å². The zero-order valence-electron chi connectivity index (χ0n) is 11.1. The van der Waals surface area contributed by atoms with E-state index in [1.54, 1.807) is 7.05 Å². The molecule has 0 aliphatic rings. The lowest BCUT2D eigenvalue weighted by molar-refractivity contribution is -0.121. The first-order valence-corrected chi connectivity index (χ1v) is 6.16. The van der Waals surface area contributed by atoms with Gasteiger partial charge < -0.3 is 20.4 Å². The fourth-order valence-electron chi connectivity index (χ4n) is 1.28. The summed E-state index contributed by atoms with van der Waals surface area (Å²) in [6.45, 7) is 5.02. The van der Waals surface area contributed by atoms with Gasteiger partial charge in [-0.1, -0.05) is 12.0 Å². The minimum absolute atomic E-state index is 0.0202. The van der Waals surface area contributed by atoms with Crippen LogP contribution < -0.4 is 16.0 Å². The van der Waals surface area contributed by atoms with E-state index >= 15 is 0 Å². The van der Waals surface area contributed by atoms with Crippen molar-refractivity contribution in [3.8, 4) is 0 Å². The molecule has 1 rings (SSSR count). The van der Waals surface area contributed by atoms with Gasteiger partial charge in [-0.25, -0.2) is 0 Å². The third kappa shape index (κ3) is 5.13. The standard InChI is InChI=1S/C11H21N5O2/c1-4-8(2)14-9(17)5-6-13-11-16-15-10(18-11)7-12-3/h8,12H,4-7H2,1-3H3,(H,13,16)(H,14,17). The van der Waals surface area contributed by atoms with Crippen molar-refractivity contribution < 1.29 is 9.21 Å². The van der Waals surface area contributed by atoms with Crippen molar-refractivity contribution in [1.82, 2.24) is 20.8 Å². The van der Waals surface area contributed by atoms with E-state index in [4.69, 9.17) is 4.42 Å². The third-order valence-corrected chi connectivity index (χ3v) is 2.44. The molecule has 102 valence electrons. The quantitative estimate of drug-likeness (QED) is 0.626. The predicted molar refractivity (Wildman–Crippen MR) is 68.1 cm³/mol. The Labute approximate surface area is 107 Å². The van der Waals surface area contributed by atoms with Gasteiger partial charge in [-0.2, -0.15) is 0 Å². The van der Waals surface area contributed by atoms with Crippen LogP contribution in [0.15, 0.2) is 4.42 Å². The molecule has 0 aliphatic heterocycles. The lowest BCUT2D eigenvalue weighted by atomic mass is 10.2. The molecule has 0 radical (unpaired) electrons. The van der Waals surface area contributed by atoms with Gasteiger partial charge in [-0.3, -0.25) is 4.79 Å². The lowest BCUT2D eigenvalue weighted by Crippen LogP contribution is -2.32. The molecule has 0 spiro atoms. The fraction of sp³-hybridized carbons (Fsp3) is 0.727. The van der Waals surface area contributed by atoms with Crippen LogP contribution in [0, 0.1) is 0 Å². The van der Waals surface area contributed by atoms with Crippen molar-refractivity contribution in [2.75, 3.05) is 18.9 Å². The summed E-state index contributed by atoms with van der Waals surface area (Å²) in [6, 6.07) is 0.555. The Morgan fingerprint density at radius 3 is 2.89 bits per heavy atom. The Morgan fingerprint density at radius 1 is 1.44 bits per heavy atom. The van der Waals surface area contributed by atoms with Gasteiger partial charge in [0, 0.05) is 19.0 Å². The van der Waals surface area contributed by atoms with E-state index in [1.165, 1.54) is 0 Å². The van der Waals surface area contributed by atoms with Gasteiger partial charge >= 0.3 is 6.01 Å². The molecule has 0 aromatic carbocycles. The van der Waals surface area contributed by atoms with Crippen molar-refractivity contribution >= 4 is 11.9 Å². The summed E-state index contributed by atoms with van der Waals surface area (Å²) in [5.41, 5.74) is 0. The molecule has 3 N–H and O–H groups in total. The Balaban J connectivity index is 2.22. The monoisotopic (exact) mass is 255 g/mol. The summed E-state index contributed by atoms with van der Waals surface area (Å²) in [4.78, 5) is 11.5. The fourth-order valence-corrected chi connectivity index (χ4v) is 1.28. The van der Waals surface area contributed by atoms with Crippen LogP contribution in [0.2, 0.25) is 0 Å². The summed E-state index contributed by atoms with van der Waals surface area (Å²) < 4.78 is 5.28. The first-order valence-electron chi connectivity index (χ1n) is 6.16. The maximum absolute atomic E-state index is 11.5. The molecule has 0 bridgehead atoms. The number of anilines is 1. The molecule has 0 saturated heterocycles. The van der Waals surface area contributed by atoms with E-state index in [0.29, 0.717) is 31.4 Å². The van der Waals surface area contributed by atoms with Crippen LogP contribution in [0.1, 0.15) is 32.6 Å². The van der Waals surface area contributed by atoms with Crippen LogP contribution in [0.3, 0.4) is 0 Å². The zero-order valence-corrected chi connectivity index (χ0v) is 11.1. The molecule has 0 fully saturated rings. The molecule has 1 aromatic rings. The molecule has 1 atom stereocenters. The van der Waals surface area contributed by atoms with Gasteiger partial charge in [-0.05, 0) is 20.4 Å². The van der Waals surface area contributed by atoms with E-state index in [0.717, 1.165) is 6.42 Å². The van der Waals surface area contributed by atoms with Crippen molar-refractivity contribution in [2.45, 2.75) is 39.3 Å². The summed E-state index contributed by atoms with van der Waals surface area (Å²) in [6.07, 6.45) is 1.31. The van der Waals surface area contributed by atoms with Crippen LogP contribution in [-0.2, 0) is 11.3 Å². The molecule has 7 nitrogen and oxygen atoms in total. The number of carbonyl (C=O) groups excluding carboxylic acids is 1. The van der Waals surface area contributed by atoms with Crippen LogP contribution in [0.4, 0.5) is 6.01 Å². The number of nitrogens with zero attached hydrogens (tertiary/aromatic N) is 2. The molecule has 18 heavy (non-hydrogen) atoms. The van der Waals surface area contributed by atoms with Crippen molar-refractivity contribution in [1.29, 1.82) is 0 Å². The van der Waals surface area contributed by atoms with Crippen LogP contribution in [-0.4, -0.2) is 35.7 Å². The number of hydrogen-bond acceptors (Lipinski definition) is 6. The van der Waals surface area contributed by atoms with Gasteiger partial charge in [0.1, 0.15) is 0 Å². The highest BCUT2D eigenvalue weighted by atomic mass is 16.4. The molecule has 7 heteroatoms. The van der Waals surface area contributed by atoms with E-state index in [1.807, 2.05) is 13.8 Å². The maximum atomic E-state index is 11.5. The summed E-state index contributed by atoms with van der Waals surface area (Å²) in [7, 11) is 1.80. The topological polar surface area (TPSA) is 92.1 Å². The first kappa shape index (κ1) is 14.4. The highest BCUT2D eigenvalue weighted by molar-refractivity contribution is 5.76. The smallest absolute Gasteiger partial charge is 0.315 e. The van der Waals surface area contributed by atoms with Gasteiger partial charge in [0.2, 0.25) is 11.8 Å². The Kier molecular flexibility index (Phi) is 6.13. The summed E-state index contributed by atoms with van der Waals surface area (Å²) in [5.74, 6) is 0.538. The van der Waals surface area contributed by atoms with Crippen molar-refractivity contribution in [2.24, 2.45) is 0 Å². The second kappa shape index (κ2) is 7.65. The summed E-state index contributed by atoms with van der Waals surface area (Å²) in [5, 5.41) is 16.3. The van der Waals surface area contributed by atoms with E-state index in [-0.39, 0.29) is 11.9 Å². The predicted octanol–water partition coefficient (Wildman–Crippen LogP) is 0.506. The Morgan fingerprint density at radius 2 is 2.22 bits per heavy atom. The average Bonchev–Trinajstić information content (AvgIpc) is 2.77. The highest BCUT2D eigenvalue weighted by Crippen LogP contribution is 2.04. The van der Waals surface area contributed by atoms with Crippen molar-refractivity contribution in [3.63, 3.8) is 0 Å². The first-order chi connectivity index (χ1) is 8.65. The van der Waals surface area contributed by atoms with E-state index < -0.39 is 0 Å². The molecule has 1 aromatic heterocycles. The molecular weight excluding hydrogens is 234 g/mol. The second-order valence-electron chi connectivity index (χ2n) is 4.08. The number of carbonyl (C=O) groups is 1. The van der Waals surface area contributed by atoms with Crippen LogP contribution in [0.5, 0.6) is 0 Å². The third-order valence-electron chi connectivity index (χ3n) is 2.44. The summed E-state index contributed by atoms with van der Waals surface area (Å²) >= 11 is 0. The van der Waals surface area contributed by atoms with Gasteiger partial charge in [0.15, 0.2) is 0 Å². The maximum Gasteiger partial charge on any atom is 0.315 e. The van der Waals surface area contributed by atoms with Crippen molar-refractivity contribution in [3.05, 3.63) is 5.89 Å². The lowest BCUT2D eigenvalue weighted by Gasteiger charge is -2.10. The molecule has 0 saturated carbocycles. The number of aromatic nitrogens is 2.